The second-order valence-corrected chi connectivity index (χ2v) is 6.91. The smallest absolute Gasteiger partial charge is 0.280 e. The first kappa shape index (κ1) is 14.5. The number of para-hydroxylation sites is 1. The fourth-order valence-corrected chi connectivity index (χ4v) is 3.02. The largest absolute Gasteiger partial charge is 0.332 e. The van der Waals surface area contributed by atoms with E-state index in [1.807, 2.05) is 0 Å². The van der Waals surface area contributed by atoms with Gasteiger partial charge < -0.3 is 0 Å². The zero-order valence-corrected chi connectivity index (χ0v) is 11.7. The van der Waals surface area contributed by atoms with E-state index < -0.39 is 25.1 Å². The van der Waals surface area contributed by atoms with E-state index in [4.69, 9.17) is 0 Å². The Morgan fingerprint density at radius 2 is 1.25 bits per heavy atom. The lowest BCUT2D eigenvalue weighted by Gasteiger charge is -2.07. The zero-order chi connectivity index (χ0) is 14.8. The molecule has 0 aliphatic heterocycles. The van der Waals surface area contributed by atoms with E-state index in [1.54, 1.807) is 30.3 Å². The van der Waals surface area contributed by atoms with Gasteiger partial charge in [0, 0.05) is 5.69 Å². The molecule has 1 N–H and O–H groups in total. The van der Waals surface area contributed by atoms with Crippen molar-refractivity contribution in [2.24, 2.45) is 0 Å². The van der Waals surface area contributed by atoms with E-state index in [-0.39, 0.29) is 4.90 Å². The number of nitrogens with one attached hydrogen (secondary N) is 1. The molecule has 0 saturated carbocycles. The summed E-state index contributed by atoms with van der Waals surface area (Å²) >= 11 is 0. The first-order valence-corrected chi connectivity index (χ1v) is 8.28. The molecule has 0 aromatic heterocycles. The Bertz CT molecular complexity index is 800. The van der Waals surface area contributed by atoms with Gasteiger partial charge in [-0.25, -0.2) is 8.42 Å². The van der Waals surface area contributed by atoms with Gasteiger partial charge in [-0.15, -0.1) is 3.89 Å². The molecule has 0 radical (unpaired) electrons. The minimum absolute atomic E-state index is 0.159. The van der Waals surface area contributed by atoms with Crippen LogP contribution in [0.1, 0.15) is 0 Å². The van der Waals surface area contributed by atoms with E-state index in [2.05, 4.69) is 4.72 Å². The average molecular weight is 315 g/mol. The normalized spacial score (nSPS) is 12.1. The van der Waals surface area contributed by atoms with Crippen LogP contribution in [0.2, 0.25) is 0 Å². The quantitative estimate of drug-likeness (QED) is 0.877. The standard InChI is InChI=1S/C12H10FNO4S2/c13-19(15,16)11-6-8-12(9-7-11)20(17,18)14-10-4-2-1-3-5-10/h1-9,14H. The van der Waals surface area contributed by atoms with Crippen molar-refractivity contribution in [3.63, 3.8) is 0 Å². The maximum atomic E-state index is 12.7. The van der Waals surface area contributed by atoms with Crippen molar-refractivity contribution in [1.82, 2.24) is 0 Å². The highest BCUT2D eigenvalue weighted by Gasteiger charge is 2.17. The van der Waals surface area contributed by atoms with Crippen LogP contribution in [0.15, 0.2) is 64.4 Å². The summed E-state index contributed by atoms with van der Waals surface area (Å²) < 4.78 is 60.3. The van der Waals surface area contributed by atoms with Crippen LogP contribution in [0.25, 0.3) is 0 Å². The van der Waals surface area contributed by atoms with Crippen molar-refractivity contribution in [1.29, 1.82) is 0 Å². The number of sulfonamides is 1. The van der Waals surface area contributed by atoms with Crippen molar-refractivity contribution in [2.45, 2.75) is 9.79 Å². The molecular formula is C12H10FNO4S2. The summed E-state index contributed by atoms with van der Waals surface area (Å²) in [6, 6.07) is 12.0. The van der Waals surface area contributed by atoms with Crippen molar-refractivity contribution in [2.75, 3.05) is 4.72 Å². The number of anilines is 1. The summed E-state index contributed by atoms with van der Waals surface area (Å²) in [6.07, 6.45) is 0. The molecule has 8 heteroatoms. The molecule has 0 fully saturated rings. The van der Waals surface area contributed by atoms with Crippen LogP contribution in [0, 0.1) is 0 Å². The van der Waals surface area contributed by atoms with Gasteiger partial charge in [-0.3, -0.25) is 4.72 Å². The molecule has 5 nitrogen and oxygen atoms in total. The molecule has 106 valence electrons. The summed E-state index contributed by atoms with van der Waals surface area (Å²) in [5.74, 6) is 0. The molecular weight excluding hydrogens is 305 g/mol. The molecule has 0 heterocycles. The van der Waals surface area contributed by atoms with E-state index in [0.29, 0.717) is 5.69 Å². The lowest BCUT2D eigenvalue weighted by Crippen LogP contribution is -2.12. The van der Waals surface area contributed by atoms with Crippen LogP contribution < -0.4 is 4.72 Å². The maximum Gasteiger partial charge on any atom is 0.332 e. The Kier molecular flexibility index (Phi) is 3.78. The zero-order valence-electron chi connectivity index (χ0n) is 10.0. The molecule has 0 aliphatic rings. The first-order valence-electron chi connectivity index (χ1n) is 5.42. The Balaban J connectivity index is 2.31. The second kappa shape index (κ2) is 5.22. The molecule has 0 atom stereocenters. The van der Waals surface area contributed by atoms with E-state index >= 15 is 0 Å². The third-order valence-electron chi connectivity index (χ3n) is 2.44. The summed E-state index contributed by atoms with van der Waals surface area (Å²) in [6.45, 7) is 0. The van der Waals surface area contributed by atoms with Gasteiger partial charge in [-0.05, 0) is 36.4 Å². The van der Waals surface area contributed by atoms with Crippen LogP contribution in [-0.2, 0) is 20.2 Å². The predicted octanol–water partition coefficient (Wildman–Crippen LogP) is 2.15. The van der Waals surface area contributed by atoms with Crippen molar-refractivity contribution >= 4 is 25.9 Å². The predicted molar refractivity (Wildman–Crippen MR) is 72.0 cm³/mol. The molecule has 0 unspecified atom stereocenters. The van der Waals surface area contributed by atoms with Gasteiger partial charge in [0.05, 0.1) is 9.79 Å². The van der Waals surface area contributed by atoms with Gasteiger partial charge in [0.15, 0.2) is 0 Å². The molecule has 0 spiro atoms. The van der Waals surface area contributed by atoms with Crippen LogP contribution >= 0.6 is 0 Å². The van der Waals surface area contributed by atoms with Crippen LogP contribution in [0.4, 0.5) is 9.57 Å². The molecule has 0 bridgehead atoms. The summed E-state index contributed by atoms with van der Waals surface area (Å²) in [5.41, 5.74) is 0.370. The Labute approximate surface area is 116 Å². The molecule has 2 rings (SSSR count). The number of halogens is 1. The summed E-state index contributed by atoms with van der Waals surface area (Å²) in [5, 5.41) is 0. The topological polar surface area (TPSA) is 80.3 Å². The highest BCUT2D eigenvalue weighted by atomic mass is 32.3. The molecule has 0 amide bonds. The highest BCUT2D eigenvalue weighted by Crippen LogP contribution is 2.18. The summed E-state index contributed by atoms with van der Waals surface area (Å²) in [7, 11) is -8.68. The van der Waals surface area contributed by atoms with Crippen LogP contribution in [0.3, 0.4) is 0 Å². The fourth-order valence-electron chi connectivity index (χ4n) is 1.50. The number of benzene rings is 2. The van der Waals surface area contributed by atoms with Gasteiger partial charge >= 0.3 is 10.2 Å². The van der Waals surface area contributed by atoms with E-state index in [0.717, 1.165) is 24.3 Å². The van der Waals surface area contributed by atoms with E-state index in [1.165, 1.54) is 0 Å². The van der Waals surface area contributed by atoms with Gasteiger partial charge in [0.2, 0.25) is 0 Å². The van der Waals surface area contributed by atoms with Crippen molar-refractivity contribution < 1.29 is 20.7 Å². The Morgan fingerprint density at radius 3 is 1.75 bits per heavy atom. The molecule has 2 aromatic carbocycles. The number of rotatable bonds is 4. The Morgan fingerprint density at radius 1 is 0.750 bits per heavy atom. The third-order valence-corrected chi connectivity index (χ3v) is 4.67. The lowest BCUT2D eigenvalue weighted by molar-refractivity contribution is 0.551. The van der Waals surface area contributed by atoms with Gasteiger partial charge in [0.1, 0.15) is 0 Å². The maximum absolute atomic E-state index is 12.7. The second-order valence-electron chi connectivity index (χ2n) is 3.88. The molecule has 0 saturated heterocycles. The Hall–Kier alpha value is -1.93. The fraction of sp³-hybridized carbons (Fsp3) is 0. The highest BCUT2D eigenvalue weighted by molar-refractivity contribution is 7.92. The van der Waals surface area contributed by atoms with Gasteiger partial charge in [-0.2, -0.15) is 8.42 Å². The third kappa shape index (κ3) is 3.34. The SMILES string of the molecule is O=S(=O)(F)c1ccc(S(=O)(=O)Nc2ccccc2)cc1. The first-order chi connectivity index (χ1) is 9.29. The number of hydrogen-bond donors (Lipinski definition) is 1. The van der Waals surface area contributed by atoms with Crippen molar-refractivity contribution in [3.05, 3.63) is 54.6 Å². The molecule has 20 heavy (non-hydrogen) atoms. The van der Waals surface area contributed by atoms with Crippen LogP contribution in [0.5, 0.6) is 0 Å². The summed E-state index contributed by atoms with van der Waals surface area (Å²) in [4.78, 5) is -0.745. The molecule has 0 aliphatic carbocycles. The van der Waals surface area contributed by atoms with Gasteiger partial charge in [0.25, 0.3) is 10.0 Å². The monoisotopic (exact) mass is 315 g/mol. The minimum atomic E-state index is -4.84. The average Bonchev–Trinajstić information content (AvgIpc) is 2.38. The lowest BCUT2D eigenvalue weighted by atomic mass is 10.3. The molecule has 2 aromatic rings. The minimum Gasteiger partial charge on any atom is -0.280 e. The van der Waals surface area contributed by atoms with Crippen molar-refractivity contribution in [3.8, 4) is 0 Å². The van der Waals surface area contributed by atoms with E-state index in [9.17, 15) is 20.7 Å². The van der Waals surface area contributed by atoms with Crippen LogP contribution in [-0.4, -0.2) is 16.8 Å². The van der Waals surface area contributed by atoms with Gasteiger partial charge in [-0.1, -0.05) is 18.2 Å². The number of hydrogen-bond acceptors (Lipinski definition) is 4.